The summed E-state index contributed by atoms with van der Waals surface area (Å²) < 4.78 is 22.2. The Balaban J connectivity index is 2.22. The molecule has 4 nitrogen and oxygen atoms in total. The molecule has 0 bridgehead atoms. The molecule has 0 saturated heterocycles. The van der Waals surface area contributed by atoms with Crippen LogP contribution in [0, 0.1) is 0 Å². The van der Waals surface area contributed by atoms with E-state index in [9.17, 15) is 8.42 Å². The van der Waals surface area contributed by atoms with E-state index in [4.69, 9.17) is 10.2 Å². The van der Waals surface area contributed by atoms with E-state index in [-0.39, 0.29) is 4.90 Å². The van der Waals surface area contributed by atoms with Crippen LogP contribution >= 0.6 is 0 Å². The third-order valence-electron chi connectivity index (χ3n) is 3.30. The molecule has 0 heterocycles. The van der Waals surface area contributed by atoms with Crippen LogP contribution in [-0.4, -0.2) is 20.1 Å². The molecule has 0 fully saturated rings. The fraction of sp³-hybridized carbons (Fsp3) is 0.500. The molecule has 0 atom stereocenters. The Morgan fingerprint density at radius 2 is 1.52 bits per heavy atom. The molecule has 0 unspecified atom stereocenters. The predicted octanol–water partition coefficient (Wildman–Crippen LogP) is 3.07. The Kier molecular flexibility index (Phi) is 8.27. The van der Waals surface area contributed by atoms with E-state index in [0.717, 1.165) is 31.2 Å². The molecular weight excluding hydrogens is 286 g/mol. The van der Waals surface area contributed by atoms with Crippen molar-refractivity contribution in [2.45, 2.75) is 49.8 Å². The van der Waals surface area contributed by atoms with Gasteiger partial charge in [0.2, 0.25) is 10.0 Å². The normalized spacial score (nSPS) is 12.1. The average Bonchev–Trinajstić information content (AvgIpc) is 2.45. The maximum atomic E-state index is 11.1. The molecule has 5 heteroatoms. The quantitative estimate of drug-likeness (QED) is 0.652. The first-order valence-corrected chi connectivity index (χ1v) is 8.99. The highest BCUT2D eigenvalue weighted by Gasteiger charge is 2.05. The lowest BCUT2D eigenvalue weighted by Crippen LogP contribution is -2.11. The number of aliphatic hydroxyl groups excluding tert-OH is 1. The average molecular weight is 311 g/mol. The molecule has 0 spiro atoms. The van der Waals surface area contributed by atoms with Crippen molar-refractivity contribution in [2.24, 2.45) is 5.14 Å². The van der Waals surface area contributed by atoms with Gasteiger partial charge in [0.25, 0.3) is 0 Å². The summed E-state index contributed by atoms with van der Waals surface area (Å²) in [4.78, 5) is 0.141. The molecule has 1 rings (SSSR count). The van der Waals surface area contributed by atoms with Gasteiger partial charge < -0.3 is 5.11 Å². The largest absolute Gasteiger partial charge is 0.396 e. The van der Waals surface area contributed by atoms with E-state index in [2.05, 4.69) is 6.08 Å². The Morgan fingerprint density at radius 1 is 0.952 bits per heavy atom. The minimum Gasteiger partial charge on any atom is -0.396 e. The van der Waals surface area contributed by atoms with Gasteiger partial charge in [0.05, 0.1) is 4.90 Å². The Bertz CT molecular complexity index is 521. The monoisotopic (exact) mass is 311 g/mol. The van der Waals surface area contributed by atoms with E-state index >= 15 is 0 Å². The summed E-state index contributed by atoms with van der Waals surface area (Å²) >= 11 is 0. The highest BCUT2D eigenvalue weighted by Crippen LogP contribution is 2.12. The molecule has 0 aliphatic heterocycles. The third kappa shape index (κ3) is 7.99. The van der Waals surface area contributed by atoms with Crippen LogP contribution in [-0.2, 0) is 10.0 Å². The number of hydrogen-bond acceptors (Lipinski definition) is 3. The molecule has 0 aliphatic carbocycles. The van der Waals surface area contributed by atoms with E-state index in [0.29, 0.717) is 6.61 Å². The van der Waals surface area contributed by atoms with Gasteiger partial charge in [-0.15, -0.1) is 0 Å². The summed E-state index contributed by atoms with van der Waals surface area (Å²) in [5.74, 6) is 0. The number of rotatable bonds is 10. The summed E-state index contributed by atoms with van der Waals surface area (Å²) in [7, 11) is -3.60. The van der Waals surface area contributed by atoms with Crippen molar-refractivity contribution < 1.29 is 13.5 Å². The van der Waals surface area contributed by atoms with Gasteiger partial charge in [0.1, 0.15) is 0 Å². The van der Waals surface area contributed by atoms with Crippen LogP contribution < -0.4 is 5.14 Å². The molecule has 118 valence electrons. The topological polar surface area (TPSA) is 80.4 Å². The smallest absolute Gasteiger partial charge is 0.238 e. The van der Waals surface area contributed by atoms with Crippen LogP contribution in [0.1, 0.15) is 50.5 Å². The first kappa shape index (κ1) is 17.9. The number of nitrogens with two attached hydrogens (primary N) is 1. The molecule has 21 heavy (non-hydrogen) atoms. The zero-order chi connectivity index (χ0) is 15.6. The molecule has 3 N–H and O–H groups in total. The highest BCUT2D eigenvalue weighted by molar-refractivity contribution is 7.89. The Labute approximate surface area is 127 Å². The Hall–Kier alpha value is -1.17. The molecule has 0 saturated carbocycles. The van der Waals surface area contributed by atoms with E-state index in [1.54, 1.807) is 12.1 Å². The second-order valence-electron chi connectivity index (χ2n) is 5.15. The van der Waals surface area contributed by atoms with Gasteiger partial charge in [0, 0.05) is 6.61 Å². The molecule has 0 amide bonds. The number of hydrogen-bond donors (Lipinski definition) is 2. The summed E-state index contributed by atoms with van der Waals surface area (Å²) in [5, 5.41) is 13.7. The molecule has 0 aliphatic rings. The number of primary sulfonamides is 1. The van der Waals surface area contributed by atoms with Gasteiger partial charge in [0.15, 0.2) is 0 Å². The lowest BCUT2D eigenvalue weighted by atomic mass is 10.1. The number of benzene rings is 1. The number of allylic oxidation sites excluding steroid dienone is 1. The molecule has 0 radical (unpaired) electrons. The van der Waals surface area contributed by atoms with Crippen molar-refractivity contribution in [3.63, 3.8) is 0 Å². The number of sulfonamides is 1. The first-order chi connectivity index (χ1) is 10.0. The van der Waals surface area contributed by atoms with Crippen molar-refractivity contribution in [2.75, 3.05) is 6.61 Å². The van der Waals surface area contributed by atoms with E-state index in [1.165, 1.54) is 31.4 Å². The van der Waals surface area contributed by atoms with Gasteiger partial charge in [-0.1, -0.05) is 50.0 Å². The van der Waals surface area contributed by atoms with Gasteiger partial charge in [-0.05, 0) is 37.0 Å². The van der Waals surface area contributed by atoms with Crippen LogP contribution in [0.15, 0.2) is 35.2 Å². The van der Waals surface area contributed by atoms with Gasteiger partial charge in [-0.2, -0.15) is 0 Å². The van der Waals surface area contributed by atoms with Crippen LogP contribution in [0.4, 0.5) is 0 Å². The van der Waals surface area contributed by atoms with Crippen molar-refractivity contribution >= 4 is 16.1 Å². The Morgan fingerprint density at radius 3 is 2.10 bits per heavy atom. The van der Waals surface area contributed by atoms with Crippen LogP contribution in [0.5, 0.6) is 0 Å². The third-order valence-corrected chi connectivity index (χ3v) is 4.23. The van der Waals surface area contributed by atoms with E-state index < -0.39 is 10.0 Å². The SMILES string of the molecule is NS(=O)(=O)c1ccc(/C=C/CCCCCCCCO)cc1. The van der Waals surface area contributed by atoms with Crippen LogP contribution in [0.25, 0.3) is 6.08 Å². The second kappa shape index (κ2) is 9.71. The second-order valence-corrected chi connectivity index (χ2v) is 6.71. The lowest BCUT2D eigenvalue weighted by Gasteiger charge is -2.00. The van der Waals surface area contributed by atoms with Gasteiger partial charge >= 0.3 is 0 Å². The summed E-state index contributed by atoms with van der Waals surface area (Å²) in [6.45, 7) is 0.299. The van der Waals surface area contributed by atoms with E-state index in [1.807, 2.05) is 6.08 Å². The minimum absolute atomic E-state index is 0.141. The highest BCUT2D eigenvalue weighted by atomic mass is 32.2. The zero-order valence-corrected chi connectivity index (χ0v) is 13.2. The summed E-state index contributed by atoms with van der Waals surface area (Å²) in [6, 6.07) is 6.56. The number of unbranched alkanes of at least 4 members (excludes halogenated alkanes) is 6. The fourth-order valence-corrected chi connectivity index (χ4v) is 2.58. The minimum atomic E-state index is -3.60. The van der Waals surface area contributed by atoms with Gasteiger partial charge in [-0.3, -0.25) is 0 Å². The molecule has 1 aromatic rings. The molecular formula is C16H25NO3S. The standard InChI is InChI=1S/C16H25NO3S/c17-21(19,20)16-12-10-15(11-13-16)9-7-5-3-1-2-4-6-8-14-18/h7,9-13,18H,1-6,8,14H2,(H2,17,19,20)/b9-7+. The maximum Gasteiger partial charge on any atom is 0.238 e. The number of aliphatic hydroxyl groups is 1. The maximum absolute atomic E-state index is 11.1. The first-order valence-electron chi connectivity index (χ1n) is 7.44. The van der Waals surface area contributed by atoms with Crippen molar-refractivity contribution in [3.8, 4) is 0 Å². The lowest BCUT2D eigenvalue weighted by molar-refractivity contribution is 0.282. The van der Waals surface area contributed by atoms with Crippen LogP contribution in [0.3, 0.4) is 0 Å². The fourth-order valence-electron chi connectivity index (χ4n) is 2.07. The van der Waals surface area contributed by atoms with Crippen molar-refractivity contribution in [1.82, 2.24) is 0 Å². The molecule has 1 aromatic carbocycles. The van der Waals surface area contributed by atoms with Gasteiger partial charge in [-0.25, -0.2) is 13.6 Å². The molecule has 0 aromatic heterocycles. The summed E-state index contributed by atoms with van der Waals surface area (Å²) in [5.41, 5.74) is 0.977. The zero-order valence-electron chi connectivity index (χ0n) is 12.4. The van der Waals surface area contributed by atoms with Crippen molar-refractivity contribution in [3.05, 3.63) is 35.9 Å². The van der Waals surface area contributed by atoms with Crippen LogP contribution in [0.2, 0.25) is 0 Å². The van der Waals surface area contributed by atoms with Crippen molar-refractivity contribution in [1.29, 1.82) is 0 Å². The predicted molar refractivity (Wildman–Crippen MR) is 86.3 cm³/mol. The summed E-state index contributed by atoms with van der Waals surface area (Å²) in [6.07, 6.45) is 11.9.